The summed E-state index contributed by atoms with van der Waals surface area (Å²) in [5.41, 5.74) is 14.1. The van der Waals surface area contributed by atoms with E-state index in [2.05, 4.69) is 76.3 Å². The Kier molecular flexibility index (Phi) is 5.95. The summed E-state index contributed by atoms with van der Waals surface area (Å²) in [5.74, 6) is 8.14. The highest BCUT2D eigenvalue weighted by Crippen LogP contribution is 2.37. The minimum absolute atomic E-state index is 0.828. The van der Waals surface area contributed by atoms with E-state index in [4.69, 9.17) is 24.3 Å². The monoisotopic (exact) mass is 533 g/mol. The number of benzene rings is 3. The maximum absolute atomic E-state index is 5.66. The molecular formula is C39H23N3. The predicted octanol–water partition coefficient (Wildman–Crippen LogP) is 8.60. The van der Waals surface area contributed by atoms with E-state index in [-0.39, 0.29) is 0 Å². The van der Waals surface area contributed by atoms with Gasteiger partial charge in [-0.05, 0) is 89.5 Å². The molecular weight excluding hydrogens is 510 g/mol. The highest BCUT2D eigenvalue weighted by atomic mass is 14.8. The Morgan fingerprint density at radius 2 is 0.714 bits per heavy atom. The average Bonchev–Trinajstić information content (AvgIpc) is 3.82. The molecule has 0 saturated carbocycles. The third kappa shape index (κ3) is 4.22. The lowest BCUT2D eigenvalue weighted by Crippen LogP contribution is -1.89. The minimum Gasteiger partial charge on any atom is -0.354 e. The topological polar surface area (TPSA) is 44.5 Å². The van der Waals surface area contributed by atoms with Crippen molar-refractivity contribution in [1.82, 2.24) is 15.0 Å². The third-order valence-electron chi connectivity index (χ3n) is 7.62. The maximum Gasteiger partial charge on any atom is 0.0737 e. The van der Waals surface area contributed by atoms with E-state index in [9.17, 15) is 0 Å². The second-order valence-electron chi connectivity index (χ2n) is 10.1. The molecule has 3 heteroatoms. The largest absolute Gasteiger partial charge is 0.354 e. The van der Waals surface area contributed by atoms with Gasteiger partial charge in [0.15, 0.2) is 0 Å². The van der Waals surface area contributed by atoms with Crippen LogP contribution in [0.5, 0.6) is 0 Å². The van der Waals surface area contributed by atoms with Crippen molar-refractivity contribution in [2.45, 2.75) is 0 Å². The van der Waals surface area contributed by atoms with Crippen molar-refractivity contribution in [2.75, 3.05) is 0 Å². The van der Waals surface area contributed by atoms with Gasteiger partial charge in [-0.1, -0.05) is 54.2 Å². The van der Waals surface area contributed by atoms with Crippen molar-refractivity contribution in [2.24, 2.45) is 0 Å². The van der Waals surface area contributed by atoms with Crippen LogP contribution in [0.2, 0.25) is 0 Å². The van der Waals surface area contributed by atoms with E-state index in [0.29, 0.717) is 0 Å². The number of nitrogens with one attached hydrogen (secondary N) is 2. The molecule has 3 nitrogen and oxygen atoms in total. The summed E-state index contributed by atoms with van der Waals surface area (Å²) in [6.07, 6.45) is 21.1. The van der Waals surface area contributed by atoms with Gasteiger partial charge in [-0.2, -0.15) is 0 Å². The first-order valence-electron chi connectivity index (χ1n) is 13.5. The molecule has 0 saturated heterocycles. The molecule has 0 spiro atoms. The van der Waals surface area contributed by atoms with Crippen LogP contribution in [0.3, 0.4) is 0 Å². The van der Waals surface area contributed by atoms with E-state index in [1.165, 1.54) is 0 Å². The Morgan fingerprint density at radius 3 is 1.05 bits per heavy atom. The van der Waals surface area contributed by atoms with Crippen molar-refractivity contribution >= 4 is 34.2 Å². The summed E-state index contributed by atoms with van der Waals surface area (Å²) in [7, 11) is 0. The molecule has 0 atom stereocenters. The Hall–Kier alpha value is -6.21. The van der Waals surface area contributed by atoms with Gasteiger partial charge in [0.2, 0.25) is 0 Å². The molecule has 6 aromatic rings. The molecule has 2 N–H and O–H groups in total. The van der Waals surface area contributed by atoms with Gasteiger partial charge in [0.25, 0.3) is 0 Å². The summed E-state index contributed by atoms with van der Waals surface area (Å²) in [5, 5.41) is 0. The van der Waals surface area contributed by atoms with Gasteiger partial charge >= 0.3 is 0 Å². The van der Waals surface area contributed by atoms with Crippen LogP contribution in [-0.2, 0) is 0 Å². The molecule has 42 heavy (non-hydrogen) atoms. The van der Waals surface area contributed by atoms with Crippen LogP contribution >= 0.6 is 0 Å². The highest BCUT2D eigenvalue weighted by molar-refractivity contribution is 6.00. The van der Waals surface area contributed by atoms with Gasteiger partial charge in [0.05, 0.1) is 11.4 Å². The molecule has 194 valence electrons. The third-order valence-corrected chi connectivity index (χ3v) is 7.62. The van der Waals surface area contributed by atoms with Gasteiger partial charge in [0.1, 0.15) is 0 Å². The van der Waals surface area contributed by atoms with Gasteiger partial charge < -0.3 is 9.97 Å². The summed E-state index contributed by atoms with van der Waals surface area (Å²) in [6, 6.07) is 32.5. The fraction of sp³-hybridized carbons (Fsp3) is 0. The van der Waals surface area contributed by atoms with Crippen molar-refractivity contribution in [3.63, 3.8) is 0 Å². The lowest BCUT2D eigenvalue weighted by Gasteiger charge is -2.07. The first-order chi connectivity index (χ1) is 20.6. The number of hydrogen-bond donors (Lipinski definition) is 2. The molecule has 4 heterocycles. The number of rotatable bonds is 3. The van der Waals surface area contributed by atoms with Crippen LogP contribution < -0.4 is 0 Å². The molecule has 1 aliphatic heterocycles. The summed E-state index contributed by atoms with van der Waals surface area (Å²) >= 11 is 0. The molecule has 0 aliphatic carbocycles. The molecule has 3 aromatic carbocycles. The molecule has 3 aromatic heterocycles. The number of fused-ring (bicyclic) bond motifs is 6. The number of terminal acetylenes is 3. The molecule has 0 fully saturated rings. The Bertz CT molecular complexity index is 2100. The van der Waals surface area contributed by atoms with E-state index < -0.39 is 0 Å². The molecule has 1 aliphatic rings. The minimum atomic E-state index is 0.828. The number of nitrogens with zero attached hydrogens (tertiary/aromatic N) is 1. The first kappa shape index (κ1) is 24.8. The second-order valence-corrected chi connectivity index (χ2v) is 10.1. The quantitative estimate of drug-likeness (QED) is 0.220. The van der Waals surface area contributed by atoms with Gasteiger partial charge in [-0.25, -0.2) is 4.98 Å². The van der Waals surface area contributed by atoms with Crippen molar-refractivity contribution in [1.29, 1.82) is 0 Å². The van der Waals surface area contributed by atoms with Crippen molar-refractivity contribution < 1.29 is 0 Å². The number of H-pyrrole nitrogens is 2. The molecule has 0 radical (unpaired) electrons. The average molecular weight is 534 g/mol. The normalized spacial score (nSPS) is 11.2. The molecule has 0 amide bonds. The number of aromatic nitrogens is 3. The first-order valence-corrected chi connectivity index (χ1v) is 13.5. The molecule has 6 bridgehead atoms. The highest BCUT2D eigenvalue weighted by Gasteiger charge is 2.17. The Balaban J connectivity index is 1.62. The van der Waals surface area contributed by atoms with Crippen LogP contribution in [0.1, 0.15) is 28.1 Å². The van der Waals surface area contributed by atoms with Crippen LogP contribution in [0.4, 0.5) is 0 Å². The van der Waals surface area contributed by atoms with Gasteiger partial charge in [-0.15, -0.1) is 19.3 Å². The lowest BCUT2D eigenvalue weighted by molar-refractivity contribution is 1.32. The Morgan fingerprint density at radius 1 is 0.405 bits per heavy atom. The zero-order valence-electron chi connectivity index (χ0n) is 22.6. The zero-order chi connectivity index (χ0) is 28.6. The maximum atomic E-state index is 5.66. The Labute approximate surface area is 244 Å². The molecule has 7 rings (SSSR count). The standard InChI is InChI=1S/C39H23N3/c1-4-25-7-13-28(14-8-25)37-31-19-21-33(40-31)38(29-15-9-26(5-2)10-16-29)35-23-24-36(42-35)39(34-22-20-32(37)41-34)30-17-11-27(6-3)12-18-30/h1-3,7-24,40-41H. The smallest absolute Gasteiger partial charge is 0.0737 e. The summed E-state index contributed by atoms with van der Waals surface area (Å²) in [4.78, 5) is 12.6. The summed E-state index contributed by atoms with van der Waals surface area (Å²) < 4.78 is 0. The SMILES string of the molecule is C#Cc1ccc(-c2c3nc(c(-c4ccc(C#C)cc4)c4ccc([nH]4)c(-c4ccc(C#C)cc4)c4ccc2[nH]4)C=C3)cc1. The van der Waals surface area contributed by atoms with Crippen molar-refractivity contribution in [3.8, 4) is 70.4 Å². The fourth-order valence-electron chi connectivity index (χ4n) is 5.55. The summed E-state index contributed by atoms with van der Waals surface area (Å²) in [6.45, 7) is 0. The van der Waals surface area contributed by atoms with E-state index >= 15 is 0 Å². The second kappa shape index (κ2) is 10.1. The lowest BCUT2D eigenvalue weighted by atomic mass is 10.0. The van der Waals surface area contributed by atoms with Gasteiger partial charge in [-0.3, -0.25) is 0 Å². The van der Waals surface area contributed by atoms with Crippen molar-refractivity contribution in [3.05, 3.63) is 125 Å². The fourth-order valence-corrected chi connectivity index (χ4v) is 5.55. The number of hydrogen-bond acceptors (Lipinski definition) is 1. The molecule has 0 unspecified atom stereocenters. The number of aromatic amines is 2. The van der Waals surface area contributed by atoms with Crippen LogP contribution in [0, 0.1) is 37.0 Å². The van der Waals surface area contributed by atoms with Gasteiger partial charge in [0, 0.05) is 55.4 Å². The van der Waals surface area contributed by atoms with E-state index in [1.807, 2.05) is 60.7 Å². The predicted molar refractivity (Wildman–Crippen MR) is 175 cm³/mol. The van der Waals surface area contributed by atoms with E-state index in [0.717, 1.165) is 83.5 Å². The van der Waals surface area contributed by atoms with E-state index in [1.54, 1.807) is 0 Å². The zero-order valence-corrected chi connectivity index (χ0v) is 22.6. The van der Waals surface area contributed by atoms with Crippen LogP contribution in [0.25, 0.3) is 67.6 Å². The van der Waals surface area contributed by atoms with Crippen LogP contribution in [0.15, 0.2) is 97.1 Å². The van der Waals surface area contributed by atoms with Crippen LogP contribution in [-0.4, -0.2) is 15.0 Å².